The van der Waals surface area contributed by atoms with Gasteiger partial charge in [0, 0.05) is 12.1 Å². The summed E-state index contributed by atoms with van der Waals surface area (Å²) in [6, 6.07) is 6.83. The number of nitrogens with two attached hydrogens (primary N) is 1. The van der Waals surface area contributed by atoms with Gasteiger partial charge in [-0.3, -0.25) is 14.5 Å². The number of benzene rings is 1. The Balaban J connectivity index is 2.36. The molecule has 0 saturated carbocycles. The third-order valence-corrected chi connectivity index (χ3v) is 2.44. The molecule has 1 aliphatic heterocycles. The zero-order valence-electron chi connectivity index (χ0n) is 9.36. The lowest BCUT2D eigenvalue weighted by atomic mass is 10.1. The summed E-state index contributed by atoms with van der Waals surface area (Å²) in [6.07, 6.45) is 0. The maximum atomic E-state index is 11.9. The van der Waals surface area contributed by atoms with Crippen LogP contribution in [0.3, 0.4) is 0 Å². The maximum absolute atomic E-state index is 11.9. The van der Waals surface area contributed by atoms with Crippen molar-refractivity contribution < 1.29 is 9.59 Å². The monoisotopic (exact) mass is 218 g/mol. The number of rotatable bonds is 2. The van der Waals surface area contributed by atoms with Crippen LogP contribution in [0.1, 0.15) is 34.6 Å². The van der Waals surface area contributed by atoms with E-state index in [2.05, 4.69) is 0 Å². The van der Waals surface area contributed by atoms with E-state index < -0.39 is 5.54 Å². The fraction of sp³-hybridized carbons (Fsp3) is 0.333. The topological polar surface area (TPSA) is 63.4 Å². The van der Waals surface area contributed by atoms with Crippen LogP contribution in [-0.2, 0) is 0 Å². The Morgan fingerprint density at radius 1 is 1.12 bits per heavy atom. The number of carbonyl (C=O) groups is 2. The van der Waals surface area contributed by atoms with Crippen molar-refractivity contribution in [2.24, 2.45) is 5.73 Å². The summed E-state index contributed by atoms with van der Waals surface area (Å²) in [7, 11) is 0. The molecule has 2 N–H and O–H groups in total. The molecule has 16 heavy (non-hydrogen) atoms. The largest absolute Gasteiger partial charge is 0.324 e. The minimum absolute atomic E-state index is 0.235. The number of hydrogen-bond acceptors (Lipinski definition) is 3. The summed E-state index contributed by atoms with van der Waals surface area (Å²) >= 11 is 0. The van der Waals surface area contributed by atoms with Crippen LogP contribution in [0.25, 0.3) is 0 Å². The van der Waals surface area contributed by atoms with Gasteiger partial charge in [0.1, 0.15) is 0 Å². The van der Waals surface area contributed by atoms with Crippen molar-refractivity contribution in [3.05, 3.63) is 35.4 Å². The Morgan fingerprint density at radius 2 is 1.56 bits per heavy atom. The van der Waals surface area contributed by atoms with Crippen LogP contribution < -0.4 is 5.73 Å². The first-order valence-electron chi connectivity index (χ1n) is 5.14. The Kier molecular flexibility index (Phi) is 2.31. The molecular weight excluding hydrogens is 204 g/mol. The molecule has 1 aliphatic rings. The van der Waals surface area contributed by atoms with E-state index in [4.69, 9.17) is 5.73 Å². The summed E-state index contributed by atoms with van der Waals surface area (Å²) in [6.45, 7) is 3.81. The average Bonchev–Trinajstić information content (AvgIpc) is 2.43. The van der Waals surface area contributed by atoms with Crippen molar-refractivity contribution in [3.63, 3.8) is 0 Å². The van der Waals surface area contributed by atoms with Crippen molar-refractivity contribution >= 4 is 11.8 Å². The van der Waals surface area contributed by atoms with E-state index in [-0.39, 0.29) is 18.4 Å². The van der Waals surface area contributed by atoms with Gasteiger partial charge in [-0.2, -0.15) is 0 Å². The first-order chi connectivity index (χ1) is 7.40. The van der Waals surface area contributed by atoms with Crippen LogP contribution in [-0.4, -0.2) is 28.8 Å². The summed E-state index contributed by atoms with van der Waals surface area (Å²) in [5.74, 6) is -0.502. The molecule has 1 aromatic carbocycles. The minimum atomic E-state index is -0.576. The van der Waals surface area contributed by atoms with Crippen molar-refractivity contribution in [2.75, 3.05) is 6.54 Å². The molecule has 0 aromatic heterocycles. The van der Waals surface area contributed by atoms with Gasteiger partial charge in [0.15, 0.2) is 0 Å². The Hall–Kier alpha value is -1.68. The molecule has 1 heterocycles. The normalized spacial score (nSPS) is 15.6. The van der Waals surface area contributed by atoms with Crippen LogP contribution in [0.5, 0.6) is 0 Å². The van der Waals surface area contributed by atoms with Gasteiger partial charge in [0.05, 0.1) is 11.1 Å². The lowest BCUT2D eigenvalue weighted by Crippen LogP contribution is -2.47. The molecular formula is C12H14N2O2. The highest BCUT2D eigenvalue weighted by molar-refractivity contribution is 6.21. The second-order valence-corrected chi connectivity index (χ2v) is 4.73. The van der Waals surface area contributed by atoms with E-state index in [1.165, 1.54) is 4.90 Å². The van der Waals surface area contributed by atoms with Crippen molar-refractivity contribution in [2.45, 2.75) is 19.4 Å². The van der Waals surface area contributed by atoms with Crippen LogP contribution >= 0.6 is 0 Å². The van der Waals surface area contributed by atoms with Crippen molar-refractivity contribution in [3.8, 4) is 0 Å². The highest BCUT2D eigenvalue weighted by Crippen LogP contribution is 2.23. The van der Waals surface area contributed by atoms with Gasteiger partial charge in [-0.05, 0) is 26.0 Å². The van der Waals surface area contributed by atoms with Crippen molar-refractivity contribution in [1.29, 1.82) is 0 Å². The molecule has 2 rings (SSSR count). The predicted molar refractivity (Wildman–Crippen MR) is 60.1 cm³/mol. The molecule has 84 valence electrons. The van der Waals surface area contributed by atoms with Gasteiger partial charge >= 0.3 is 0 Å². The molecule has 0 fully saturated rings. The number of carbonyl (C=O) groups excluding carboxylic acids is 2. The van der Waals surface area contributed by atoms with Crippen LogP contribution in [0.4, 0.5) is 0 Å². The minimum Gasteiger partial charge on any atom is -0.324 e. The third kappa shape index (κ3) is 1.72. The average molecular weight is 218 g/mol. The molecule has 1 aromatic rings. The quantitative estimate of drug-likeness (QED) is 0.754. The van der Waals surface area contributed by atoms with E-state index in [1.807, 2.05) is 0 Å². The van der Waals surface area contributed by atoms with Crippen LogP contribution in [0.2, 0.25) is 0 Å². The number of hydrogen-bond donors (Lipinski definition) is 1. The predicted octanol–water partition coefficient (Wildman–Crippen LogP) is 1.02. The zero-order valence-corrected chi connectivity index (χ0v) is 9.36. The summed E-state index contributed by atoms with van der Waals surface area (Å²) in [5, 5.41) is 0. The molecule has 0 spiro atoms. The lowest BCUT2D eigenvalue weighted by molar-refractivity contribution is 0.0625. The fourth-order valence-corrected chi connectivity index (χ4v) is 1.79. The third-order valence-electron chi connectivity index (χ3n) is 2.44. The highest BCUT2D eigenvalue weighted by atomic mass is 16.2. The molecule has 4 heteroatoms. The maximum Gasteiger partial charge on any atom is 0.261 e. The SMILES string of the molecule is CC(C)(N)CN1C(=O)c2ccccc2C1=O. The van der Waals surface area contributed by atoms with Gasteiger partial charge in [-0.25, -0.2) is 0 Å². The second kappa shape index (κ2) is 3.42. The van der Waals surface area contributed by atoms with Crippen LogP contribution in [0, 0.1) is 0 Å². The van der Waals surface area contributed by atoms with Gasteiger partial charge in [-0.15, -0.1) is 0 Å². The summed E-state index contributed by atoms with van der Waals surface area (Å²) in [4.78, 5) is 25.1. The smallest absolute Gasteiger partial charge is 0.261 e. The van der Waals surface area contributed by atoms with Gasteiger partial charge in [0.2, 0.25) is 0 Å². The molecule has 0 saturated heterocycles. The summed E-state index contributed by atoms with van der Waals surface area (Å²) < 4.78 is 0. The number of nitrogens with zero attached hydrogens (tertiary/aromatic N) is 1. The van der Waals surface area contributed by atoms with Crippen LogP contribution in [0.15, 0.2) is 24.3 Å². The highest BCUT2D eigenvalue weighted by Gasteiger charge is 2.37. The van der Waals surface area contributed by atoms with Gasteiger partial charge in [0.25, 0.3) is 11.8 Å². The molecule has 0 bridgehead atoms. The fourth-order valence-electron chi connectivity index (χ4n) is 1.79. The molecule has 2 amide bonds. The van der Waals surface area contributed by atoms with E-state index in [9.17, 15) is 9.59 Å². The van der Waals surface area contributed by atoms with E-state index >= 15 is 0 Å². The molecule has 4 nitrogen and oxygen atoms in total. The second-order valence-electron chi connectivity index (χ2n) is 4.73. The van der Waals surface area contributed by atoms with Crippen molar-refractivity contribution in [1.82, 2.24) is 4.90 Å². The van der Waals surface area contributed by atoms with E-state index in [0.717, 1.165) is 0 Å². The molecule has 0 radical (unpaired) electrons. The number of amides is 2. The molecule has 0 unspecified atom stereocenters. The number of imide groups is 1. The molecule has 0 aliphatic carbocycles. The Morgan fingerprint density at radius 3 is 1.94 bits per heavy atom. The first-order valence-corrected chi connectivity index (χ1v) is 5.14. The van der Waals surface area contributed by atoms with E-state index in [0.29, 0.717) is 11.1 Å². The van der Waals surface area contributed by atoms with Gasteiger partial charge in [-0.1, -0.05) is 12.1 Å². The van der Waals surface area contributed by atoms with Gasteiger partial charge < -0.3 is 5.73 Å². The Bertz CT molecular complexity index is 425. The van der Waals surface area contributed by atoms with E-state index in [1.54, 1.807) is 38.1 Å². The zero-order chi connectivity index (χ0) is 11.9. The summed E-state index contributed by atoms with van der Waals surface area (Å²) in [5.41, 5.74) is 6.19. The first kappa shape index (κ1) is 10.8. The standard InChI is InChI=1S/C12H14N2O2/c1-12(2,13)7-14-10(15)8-5-3-4-6-9(8)11(14)16/h3-6H,7,13H2,1-2H3. The number of fused-ring (bicyclic) bond motifs is 1. The molecule has 0 atom stereocenters. The Labute approximate surface area is 94.0 Å². The lowest BCUT2D eigenvalue weighted by Gasteiger charge is -2.24.